The molecule has 32 heavy (non-hydrogen) atoms. The minimum Gasteiger partial charge on any atom is -0.497 e. The Morgan fingerprint density at radius 1 is 1.16 bits per heavy atom. The van der Waals surface area contributed by atoms with Crippen molar-refractivity contribution in [2.75, 3.05) is 7.11 Å². The van der Waals surface area contributed by atoms with Crippen LogP contribution in [0.4, 0.5) is 0 Å². The van der Waals surface area contributed by atoms with Crippen molar-refractivity contribution in [1.82, 2.24) is 14.7 Å². The van der Waals surface area contributed by atoms with Gasteiger partial charge in [0.05, 0.1) is 7.11 Å². The highest BCUT2D eigenvalue weighted by Gasteiger charge is 2.13. The van der Waals surface area contributed by atoms with Crippen LogP contribution >= 0.6 is 0 Å². The molecule has 0 atom stereocenters. The minimum atomic E-state index is -0.471. The van der Waals surface area contributed by atoms with Gasteiger partial charge in [-0.1, -0.05) is 5.16 Å². The lowest BCUT2D eigenvalue weighted by Gasteiger charge is -2.03. The number of rotatable bonds is 7. The van der Waals surface area contributed by atoms with Crippen LogP contribution in [0.15, 0.2) is 57.7 Å². The van der Waals surface area contributed by atoms with Crippen LogP contribution in [0.25, 0.3) is 23.3 Å². The molecule has 8 nitrogen and oxygen atoms in total. The van der Waals surface area contributed by atoms with Crippen molar-refractivity contribution in [3.63, 3.8) is 0 Å². The molecule has 0 aliphatic heterocycles. The summed E-state index contributed by atoms with van der Waals surface area (Å²) in [4.78, 5) is 16.6. The number of esters is 1. The molecule has 4 aromatic rings. The molecule has 0 saturated carbocycles. The van der Waals surface area contributed by atoms with Crippen molar-refractivity contribution in [3.05, 3.63) is 77.1 Å². The van der Waals surface area contributed by atoms with Crippen molar-refractivity contribution in [2.45, 2.75) is 27.4 Å². The van der Waals surface area contributed by atoms with E-state index in [1.165, 1.54) is 12.3 Å². The fourth-order valence-corrected chi connectivity index (χ4v) is 3.36. The minimum absolute atomic E-state index is 0.0140. The number of aryl methyl sites for hydroxylation is 2. The number of nitrogens with zero attached hydrogens (tertiary/aromatic N) is 3. The molecule has 0 unspecified atom stereocenters. The first kappa shape index (κ1) is 21.2. The van der Waals surface area contributed by atoms with Crippen molar-refractivity contribution in [1.29, 1.82) is 0 Å². The number of benzene rings is 1. The average Bonchev–Trinajstić information content (AvgIpc) is 3.50. The molecule has 4 rings (SSSR count). The predicted molar refractivity (Wildman–Crippen MR) is 117 cm³/mol. The highest BCUT2D eigenvalue weighted by molar-refractivity contribution is 5.87. The lowest BCUT2D eigenvalue weighted by Crippen LogP contribution is -2.01. The van der Waals surface area contributed by atoms with E-state index in [0.29, 0.717) is 17.4 Å². The van der Waals surface area contributed by atoms with E-state index in [1.54, 1.807) is 13.2 Å². The second-order valence-corrected chi connectivity index (χ2v) is 7.27. The number of oxazole rings is 1. The monoisotopic (exact) mass is 433 g/mol. The van der Waals surface area contributed by atoms with Crippen LogP contribution < -0.4 is 4.74 Å². The maximum atomic E-state index is 12.2. The van der Waals surface area contributed by atoms with Gasteiger partial charge in [0.15, 0.2) is 5.82 Å². The molecule has 0 saturated heterocycles. The predicted octanol–water partition coefficient (Wildman–Crippen LogP) is 4.81. The summed E-state index contributed by atoms with van der Waals surface area (Å²) in [5.74, 6) is 2.17. The Bertz CT molecular complexity index is 1260. The van der Waals surface area contributed by atoms with E-state index in [4.69, 9.17) is 18.4 Å². The highest BCUT2D eigenvalue weighted by Crippen LogP contribution is 2.23. The number of ether oxygens (including phenoxy) is 2. The molecule has 0 amide bonds. The maximum absolute atomic E-state index is 12.2. The van der Waals surface area contributed by atoms with Gasteiger partial charge in [0.2, 0.25) is 5.89 Å². The van der Waals surface area contributed by atoms with E-state index in [0.717, 1.165) is 34.0 Å². The first-order chi connectivity index (χ1) is 15.4. The SMILES string of the molecule is COc1ccc(-c2nc(COC(=O)/C=C/c3cc(C)n(-c4cc(C)on4)c3C)co2)cc1. The molecule has 0 N–H and O–H groups in total. The molecule has 0 aliphatic carbocycles. The highest BCUT2D eigenvalue weighted by atomic mass is 16.5. The number of hydrogen-bond acceptors (Lipinski definition) is 7. The molecular weight excluding hydrogens is 410 g/mol. The molecule has 0 radical (unpaired) electrons. The van der Waals surface area contributed by atoms with Gasteiger partial charge < -0.3 is 18.4 Å². The van der Waals surface area contributed by atoms with Crippen molar-refractivity contribution >= 4 is 12.0 Å². The summed E-state index contributed by atoms with van der Waals surface area (Å²) >= 11 is 0. The fourth-order valence-electron chi connectivity index (χ4n) is 3.36. The summed E-state index contributed by atoms with van der Waals surface area (Å²) in [6, 6.07) is 11.2. The Hall–Kier alpha value is -4.07. The van der Waals surface area contributed by atoms with Crippen molar-refractivity contribution in [3.8, 4) is 23.0 Å². The zero-order chi connectivity index (χ0) is 22.7. The average molecular weight is 433 g/mol. The summed E-state index contributed by atoms with van der Waals surface area (Å²) in [7, 11) is 1.61. The number of carbonyl (C=O) groups is 1. The zero-order valence-electron chi connectivity index (χ0n) is 18.3. The third kappa shape index (κ3) is 4.49. The Balaban J connectivity index is 1.38. The zero-order valence-corrected chi connectivity index (χ0v) is 18.3. The van der Waals surface area contributed by atoms with Crippen LogP contribution in [0.2, 0.25) is 0 Å². The molecule has 0 aliphatic rings. The summed E-state index contributed by atoms with van der Waals surface area (Å²) in [5.41, 5.74) is 4.15. The van der Waals surface area contributed by atoms with E-state index in [1.807, 2.05) is 61.7 Å². The van der Waals surface area contributed by atoms with Crippen LogP contribution in [-0.2, 0) is 16.1 Å². The summed E-state index contributed by atoms with van der Waals surface area (Å²) < 4.78 is 23.1. The Morgan fingerprint density at radius 2 is 1.94 bits per heavy atom. The third-order valence-electron chi connectivity index (χ3n) is 4.96. The van der Waals surface area contributed by atoms with Crippen molar-refractivity contribution < 1.29 is 23.2 Å². The van der Waals surface area contributed by atoms with Crippen molar-refractivity contribution in [2.24, 2.45) is 0 Å². The topological polar surface area (TPSA) is 92.5 Å². The standard InChI is InChI=1S/C24H23N3O5/c1-15-11-19(17(3)27(15)22-12-16(2)32-26-22)7-10-23(28)30-13-20-14-31-24(25-20)18-5-8-21(29-4)9-6-18/h5-12,14H,13H2,1-4H3/b10-7+. The third-order valence-corrected chi connectivity index (χ3v) is 4.96. The Kier molecular flexibility index (Phi) is 5.93. The van der Waals surface area contributed by atoms with Gasteiger partial charge in [0.1, 0.15) is 30.1 Å². The molecule has 3 heterocycles. The quantitative estimate of drug-likeness (QED) is 0.305. The van der Waals surface area contributed by atoms with Gasteiger partial charge in [-0.25, -0.2) is 9.78 Å². The maximum Gasteiger partial charge on any atom is 0.331 e. The van der Waals surface area contributed by atoms with Gasteiger partial charge in [-0.2, -0.15) is 0 Å². The number of carbonyl (C=O) groups excluding carboxylic acids is 1. The lowest BCUT2D eigenvalue weighted by molar-refractivity contribution is -0.139. The molecule has 1 aromatic carbocycles. The second kappa shape index (κ2) is 8.97. The Morgan fingerprint density at radius 3 is 2.62 bits per heavy atom. The van der Waals surface area contributed by atoms with E-state index in [9.17, 15) is 4.79 Å². The molecule has 8 heteroatoms. The largest absolute Gasteiger partial charge is 0.497 e. The number of hydrogen-bond donors (Lipinski definition) is 0. The fraction of sp³-hybridized carbons (Fsp3) is 0.208. The smallest absolute Gasteiger partial charge is 0.331 e. The van der Waals surface area contributed by atoms with Crippen LogP contribution in [0.3, 0.4) is 0 Å². The van der Waals surface area contributed by atoms with Crippen LogP contribution in [0.5, 0.6) is 5.75 Å². The van der Waals surface area contributed by atoms with E-state index in [-0.39, 0.29) is 6.61 Å². The first-order valence-corrected chi connectivity index (χ1v) is 10.0. The Labute approximate surface area is 185 Å². The van der Waals surface area contributed by atoms with E-state index < -0.39 is 5.97 Å². The van der Waals surface area contributed by atoms with Gasteiger partial charge in [-0.15, -0.1) is 0 Å². The molecule has 0 bridgehead atoms. The van der Waals surface area contributed by atoms with Gasteiger partial charge >= 0.3 is 5.97 Å². The molecular formula is C24H23N3O5. The van der Waals surface area contributed by atoms with Crippen LogP contribution in [-0.4, -0.2) is 27.8 Å². The lowest BCUT2D eigenvalue weighted by atomic mass is 10.2. The van der Waals surface area contributed by atoms with E-state index in [2.05, 4.69) is 10.1 Å². The molecule has 0 spiro atoms. The molecule has 0 fully saturated rings. The summed E-state index contributed by atoms with van der Waals surface area (Å²) in [6.45, 7) is 5.78. The van der Waals surface area contributed by atoms with Crippen LogP contribution in [0.1, 0.15) is 28.4 Å². The number of aromatic nitrogens is 3. The summed E-state index contributed by atoms with van der Waals surface area (Å²) in [6.07, 6.45) is 4.59. The molecule has 3 aromatic heterocycles. The first-order valence-electron chi connectivity index (χ1n) is 10.0. The summed E-state index contributed by atoms with van der Waals surface area (Å²) in [5, 5.41) is 4.06. The van der Waals surface area contributed by atoms with Gasteiger partial charge in [-0.05, 0) is 62.7 Å². The normalized spacial score (nSPS) is 11.2. The van der Waals surface area contributed by atoms with Gasteiger partial charge in [0.25, 0.3) is 0 Å². The second-order valence-electron chi connectivity index (χ2n) is 7.27. The molecule has 164 valence electrons. The van der Waals surface area contributed by atoms with Gasteiger partial charge in [-0.3, -0.25) is 4.57 Å². The van der Waals surface area contributed by atoms with Gasteiger partial charge in [0, 0.05) is 29.1 Å². The van der Waals surface area contributed by atoms with Crippen LogP contribution in [0, 0.1) is 20.8 Å². The van der Waals surface area contributed by atoms with E-state index >= 15 is 0 Å². The number of methoxy groups -OCH3 is 1.